The molecule has 1 atom stereocenters. The Bertz CT molecular complexity index is 301. The quantitative estimate of drug-likeness (QED) is 0.601. The third-order valence-corrected chi connectivity index (χ3v) is 1.95. The number of thiol groups is 1. The highest BCUT2D eigenvalue weighted by Gasteiger charge is 2.15. The minimum atomic E-state index is -1.04. The molecule has 0 spiro atoms. The normalized spacial score (nSPS) is 12.5. The van der Waals surface area contributed by atoms with Gasteiger partial charge in [-0.3, -0.25) is 4.79 Å². The van der Waals surface area contributed by atoms with Crippen molar-refractivity contribution in [1.82, 2.24) is 0 Å². The fraction of sp³-hybridized carbons (Fsp3) is 0.125. The van der Waals surface area contributed by atoms with Gasteiger partial charge in [-0.25, -0.2) is 0 Å². The van der Waals surface area contributed by atoms with Crippen LogP contribution in [0.5, 0.6) is 0 Å². The lowest BCUT2D eigenvalue weighted by molar-refractivity contribution is -0.138. The van der Waals surface area contributed by atoms with Crippen molar-refractivity contribution in [3.63, 3.8) is 0 Å². The summed E-state index contributed by atoms with van der Waals surface area (Å²) < 4.78 is 0. The number of hydrogen-bond donors (Lipinski definition) is 3. The van der Waals surface area contributed by atoms with Crippen LogP contribution in [0.1, 0.15) is 11.6 Å². The van der Waals surface area contributed by atoms with Gasteiger partial charge in [-0.1, -0.05) is 18.2 Å². The van der Waals surface area contributed by atoms with Gasteiger partial charge in [-0.05, 0) is 11.6 Å². The molecule has 3 nitrogen and oxygen atoms in total. The molecule has 0 amide bonds. The largest absolute Gasteiger partial charge is 0.480 e. The Balaban J connectivity index is 3.02. The second kappa shape index (κ2) is 3.60. The number of aliphatic carboxylic acids is 1. The zero-order valence-electron chi connectivity index (χ0n) is 6.27. The summed E-state index contributed by atoms with van der Waals surface area (Å²) in [6, 6.07) is 5.89. The molecule has 64 valence electrons. The average Bonchev–Trinajstić information content (AvgIpc) is 2.04. The lowest BCUT2D eigenvalue weighted by Gasteiger charge is -2.08. The first kappa shape index (κ1) is 9.09. The van der Waals surface area contributed by atoms with Gasteiger partial charge in [0.25, 0.3) is 0 Å². The fourth-order valence-electron chi connectivity index (χ4n) is 0.884. The van der Waals surface area contributed by atoms with E-state index in [4.69, 9.17) is 10.8 Å². The van der Waals surface area contributed by atoms with Gasteiger partial charge in [0.1, 0.15) is 6.04 Å². The van der Waals surface area contributed by atoms with Gasteiger partial charge in [0.05, 0.1) is 0 Å². The van der Waals surface area contributed by atoms with Crippen molar-refractivity contribution in [2.75, 3.05) is 0 Å². The van der Waals surface area contributed by atoms with Crippen LogP contribution in [0.3, 0.4) is 0 Å². The van der Waals surface area contributed by atoms with E-state index in [1.807, 2.05) is 0 Å². The predicted octanol–water partition coefficient (Wildman–Crippen LogP) is 1.06. The molecule has 0 aliphatic rings. The third kappa shape index (κ3) is 1.78. The number of benzene rings is 1. The molecule has 0 saturated heterocycles. The maximum Gasteiger partial charge on any atom is 0.325 e. The molecule has 0 bridgehead atoms. The molecular weight excluding hydrogens is 174 g/mol. The molecule has 12 heavy (non-hydrogen) atoms. The van der Waals surface area contributed by atoms with Crippen molar-refractivity contribution in [1.29, 1.82) is 0 Å². The van der Waals surface area contributed by atoms with Crippen molar-refractivity contribution in [3.05, 3.63) is 29.8 Å². The molecule has 0 unspecified atom stereocenters. The van der Waals surface area contributed by atoms with Crippen molar-refractivity contribution in [2.24, 2.45) is 5.73 Å². The number of nitrogens with two attached hydrogens (primary N) is 1. The SMILES string of the molecule is N[C@H](C(=O)O)c1ccccc1S. The number of carboxylic acids is 1. The molecule has 0 aromatic heterocycles. The lowest BCUT2D eigenvalue weighted by atomic mass is 10.1. The summed E-state index contributed by atoms with van der Waals surface area (Å²) in [6.07, 6.45) is 0. The summed E-state index contributed by atoms with van der Waals surface area (Å²) in [5.74, 6) is -1.04. The van der Waals surface area contributed by atoms with E-state index < -0.39 is 12.0 Å². The smallest absolute Gasteiger partial charge is 0.325 e. The molecule has 4 heteroatoms. The van der Waals surface area contributed by atoms with Gasteiger partial charge in [0, 0.05) is 4.90 Å². The molecule has 0 radical (unpaired) electrons. The van der Waals surface area contributed by atoms with E-state index in [2.05, 4.69) is 12.6 Å². The van der Waals surface area contributed by atoms with Crippen LogP contribution in [0.15, 0.2) is 29.2 Å². The predicted molar refractivity (Wildman–Crippen MR) is 48.3 cm³/mol. The van der Waals surface area contributed by atoms with Crippen LogP contribution in [0.2, 0.25) is 0 Å². The summed E-state index contributed by atoms with van der Waals surface area (Å²) in [6.45, 7) is 0. The van der Waals surface area contributed by atoms with Crippen LogP contribution >= 0.6 is 12.6 Å². The molecule has 0 heterocycles. The highest BCUT2D eigenvalue weighted by molar-refractivity contribution is 7.80. The van der Waals surface area contributed by atoms with Crippen LogP contribution in [-0.4, -0.2) is 11.1 Å². The molecule has 1 rings (SSSR count). The van der Waals surface area contributed by atoms with Crippen LogP contribution in [0.25, 0.3) is 0 Å². The van der Waals surface area contributed by atoms with Gasteiger partial charge in [-0.15, -0.1) is 12.6 Å². The first-order chi connectivity index (χ1) is 5.63. The minimum Gasteiger partial charge on any atom is -0.480 e. The molecule has 0 fully saturated rings. The van der Waals surface area contributed by atoms with Gasteiger partial charge in [-0.2, -0.15) is 0 Å². The van der Waals surface area contributed by atoms with E-state index in [9.17, 15) is 4.79 Å². The van der Waals surface area contributed by atoms with E-state index in [1.54, 1.807) is 24.3 Å². The topological polar surface area (TPSA) is 63.3 Å². The first-order valence-electron chi connectivity index (χ1n) is 3.39. The maximum atomic E-state index is 10.5. The van der Waals surface area contributed by atoms with E-state index in [0.29, 0.717) is 10.5 Å². The van der Waals surface area contributed by atoms with Gasteiger partial charge in [0.2, 0.25) is 0 Å². The number of carbonyl (C=O) groups is 1. The van der Waals surface area contributed by atoms with Gasteiger partial charge < -0.3 is 10.8 Å². The van der Waals surface area contributed by atoms with E-state index in [1.165, 1.54) is 0 Å². The molecule has 0 saturated carbocycles. The summed E-state index contributed by atoms with van der Waals surface area (Å²) in [7, 11) is 0. The zero-order chi connectivity index (χ0) is 9.14. The van der Waals surface area contributed by atoms with Crippen molar-refractivity contribution < 1.29 is 9.90 Å². The van der Waals surface area contributed by atoms with Gasteiger partial charge >= 0.3 is 5.97 Å². The standard InChI is InChI=1S/C8H9NO2S/c9-7(8(10)11)5-3-1-2-4-6(5)12/h1-4,7,12H,9H2,(H,10,11)/t7-/m0/s1. The Morgan fingerprint density at radius 2 is 2.08 bits per heavy atom. The molecule has 3 N–H and O–H groups in total. The van der Waals surface area contributed by atoms with E-state index in [0.717, 1.165) is 0 Å². The number of carboxylic acid groups (broad SMARTS) is 1. The highest BCUT2D eigenvalue weighted by Crippen LogP contribution is 2.18. The Labute approximate surface area is 75.6 Å². The molecule has 0 aliphatic heterocycles. The highest BCUT2D eigenvalue weighted by atomic mass is 32.1. The van der Waals surface area contributed by atoms with Crippen LogP contribution in [0, 0.1) is 0 Å². The van der Waals surface area contributed by atoms with Crippen molar-refractivity contribution in [3.8, 4) is 0 Å². The van der Waals surface area contributed by atoms with Crippen LogP contribution in [-0.2, 0) is 4.79 Å². The maximum absolute atomic E-state index is 10.5. The van der Waals surface area contributed by atoms with E-state index in [-0.39, 0.29) is 0 Å². The lowest BCUT2D eigenvalue weighted by Crippen LogP contribution is -2.20. The first-order valence-corrected chi connectivity index (χ1v) is 3.84. The molecule has 1 aromatic rings. The molecule has 1 aromatic carbocycles. The Hall–Kier alpha value is -1.00. The Morgan fingerprint density at radius 1 is 1.50 bits per heavy atom. The number of hydrogen-bond acceptors (Lipinski definition) is 3. The zero-order valence-corrected chi connectivity index (χ0v) is 7.16. The number of rotatable bonds is 2. The second-order valence-corrected chi connectivity index (χ2v) is 2.86. The summed E-state index contributed by atoms with van der Waals surface area (Å²) >= 11 is 4.09. The monoisotopic (exact) mass is 183 g/mol. The van der Waals surface area contributed by atoms with Crippen LogP contribution < -0.4 is 5.73 Å². The minimum absolute atomic E-state index is 0.535. The molecule has 0 aliphatic carbocycles. The summed E-state index contributed by atoms with van der Waals surface area (Å²) in [5.41, 5.74) is 5.93. The van der Waals surface area contributed by atoms with E-state index >= 15 is 0 Å². The Morgan fingerprint density at radius 3 is 2.58 bits per heavy atom. The molecular formula is C8H9NO2S. The summed E-state index contributed by atoms with van der Waals surface area (Å²) in [5, 5.41) is 8.60. The third-order valence-electron chi connectivity index (χ3n) is 1.54. The van der Waals surface area contributed by atoms with Crippen molar-refractivity contribution >= 4 is 18.6 Å². The van der Waals surface area contributed by atoms with Gasteiger partial charge in [0.15, 0.2) is 0 Å². The Kier molecular flexibility index (Phi) is 2.73. The average molecular weight is 183 g/mol. The van der Waals surface area contributed by atoms with Crippen LogP contribution in [0.4, 0.5) is 0 Å². The summed E-state index contributed by atoms with van der Waals surface area (Å²) in [4.78, 5) is 11.1. The van der Waals surface area contributed by atoms with Crippen molar-refractivity contribution in [2.45, 2.75) is 10.9 Å². The fourth-order valence-corrected chi connectivity index (χ4v) is 1.18. The second-order valence-electron chi connectivity index (χ2n) is 2.37.